The SMILES string of the molecule is CCCCC1S/C(=N/N=C/c2ccc(OC)cc2)N(Cc2ccc(F)cc2)C1=O. The molecule has 0 N–H and O–H groups in total. The van der Waals surface area contributed by atoms with Crippen molar-refractivity contribution in [3.63, 3.8) is 0 Å². The summed E-state index contributed by atoms with van der Waals surface area (Å²) in [5.74, 6) is 0.510. The molecule has 29 heavy (non-hydrogen) atoms. The van der Waals surface area contributed by atoms with Crippen LogP contribution in [0.15, 0.2) is 58.7 Å². The summed E-state index contributed by atoms with van der Waals surface area (Å²) in [5.41, 5.74) is 1.74. The molecule has 1 unspecified atom stereocenters. The number of nitrogens with zero attached hydrogens (tertiary/aromatic N) is 3. The van der Waals surface area contributed by atoms with Crippen LogP contribution < -0.4 is 4.74 Å². The van der Waals surface area contributed by atoms with Crippen molar-refractivity contribution >= 4 is 29.1 Å². The monoisotopic (exact) mass is 413 g/mol. The summed E-state index contributed by atoms with van der Waals surface area (Å²) in [6.45, 7) is 2.46. The molecule has 1 aliphatic rings. The maximum atomic E-state index is 13.2. The maximum Gasteiger partial charge on any atom is 0.242 e. The molecule has 2 aromatic carbocycles. The third-order valence-electron chi connectivity index (χ3n) is 4.56. The van der Waals surface area contributed by atoms with Crippen molar-refractivity contribution < 1.29 is 13.9 Å². The number of carbonyl (C=O) groups is 1. The molecule has 0 bridgehead atoms. The molecule has 0 radical (unpaired) electrons. The Balaban J connectivity index is 1.77. The van der Waals surface area contributed by atoms with E-state index in [0.29, 0.717) is 11.7 Å². The molecule has 1 fully saturated rings. The van der Waals surface area contributed by atoms with Gasteiger partial charge in [-0.3, -0.25) is 9.69 Å². The molecule has 0 spiro atoms. The van der Waals surface area contributed by atoms with Crippen molar-refractivity contribution in [3.8, 4) is 5.75 Å². The molecule has 152 valence electrons. The predicted molar refractivity (Wildman–Crippen MR) is 116 cm³/mol. The molecule has 1 atom stereocenters. The van der Waals surface area contributed by atoms with Crippen LogP contribution in [0, 0.1) is 5.82 Å². The van der Waals surface area contributed by atoms with Gasteiger partial charge in [0.05, 0.1) is 25.1 Å². The first-order valence-corrected chi connectivity index (χ1v) is 10.5. The lowest BCUT2D eigenvalue weighted by atomic mass is 10.1. The molecule has 0 aliphatic carbocycles. The van der Waals surface area contributed by atoms with Gasteiger partial charge in [-0.15, -0.1) is 5.10 Å². The molecular formula is C22H24FN3O2S. The normalized spacial score (nSPS) is 18.2. The number of halogens is 1. The summed E-state index contributed by atoms with van der Waals surface area (Å²) in [6.07, 6.45) is 4.47. The Bertz CT molecular complexity index is 882. The number of amidine groups is 1. The number of hydrogen-bond acceptors (Lipinski definition) is 5. The Morgan fingerprint density at radius 3 is 2.55 bits per heavy atom. The van der Waals surface area contributed by atoms with E-state index in [9.17, 15) is 9.18 Å². The standard InChI is InChI=1S/C22H24FN3O2S/c1-3-4-5-20-21(27)26(15-17-6-10-18(23)11-7-17)22(29-20)25-24-14-16-8-12-19(28-2)13-9-16/h6-14,20H,3-5,15H2,1-2H3/b24-14+,25-22+. The van der Waals surface area contributed by atoms with Gasteiger partial charge in [-0.1, -0.05) is 43.7 Å². The van der Waals surface area contributed by atoms with Crippen molar-refractivity contribution in [1.82, 2.24) is 4.90 Å². The second-order valence-corrected chi connectivity index (χ2v) is 7.87. The van der Waals surface area contributed by atoms with E-state index >= 15 is 0 Å². The molecule has 3 rings (SSSR count). The second kappa shape index (κ2) is 10.2. The first kappa shape index (κ1) is 21.0. The van der Waals surface area contributed by atoms with Gasteiger partial charge in [-0.05, 0) is 53.9 Å². The zero-order valence-corrected chi connectivity index (χ0v) is 17.4. The average molecular weight is 414 g/mol. The van der Waals surface area contributed by atoms with Gasteiger partial charge in [0.25, 0.3) is 0 Å². The molecule has 1 amide bonds. The molecule has 0 aromatic heterocycles. The molecule has 1 saturated heterocycles. The quantitative estimate of drug-likeness (QED) is 0.459. The van der Waals surface area contributed by atoms with E-state index in [1.54, 1.807) is 30.4 Å². The lowest BCUT2D eigenvalue weighted by Gasteiger charge is -2.15. The second-order valence-electron chi connectivity index (χ2n) is 6.70. The number of amides is 1. The molecule has 5 nitrogen and oxygen atoms in total. The summed E-state index contributed by atoms with van der Waals surface area (Å²) in [7, 11) is 1.62. The number of carbonyl (C=O) groups excluding carboxylic acids is 1. The van der Waals surface area contributed by atoms with E-state index in [4.69, 9.17) is 4.74 Å². The number of benzene rings is 2. The number of thioether (sulfide) groups is 1. The Morgan fingerprint density at radius 1 is 1.17 bits per heavy atom. The summed E-state index contributed by atoms with van der Waals surface area (Å²) in [5, 5.41) is 8.92. The van der Waals surface area contributed by atoms with Gasteiger partial charge in [-0.25, -0.2) is 4.39 Å². The van der Waals surface area contributed by atoms with Gasteiger partial charge in [0.2, 0.25) is 5.91 Å². The van der Waals surface area contributed by atoms with Crippen LogP contribution in [0.3, 0.4) is 0 Å². The van der Waals surface area contributed by atoms with Crippen molar-refractivity contribution in [2.24, 2.45) is 10.2 Å². The van der Waals surface area contributed by atoms with Gasteiger partial charge < -0.3 is 4.74 Å². The first-order valence-electron chi connectivity index (χ1n) is 9.58. The predicted octanol–water partition coefficient (Wildman–Crippen LogP) is 4.86. The fourth-order valence-electron chi connectivity index (χ4n) is 2.91. The van der Waals surface area contributed by atoms with Crippen LogP contribution in [-0.2, 0) is 11.3 Å². The minimum absolute atomic E-state index is 0.0335. The summed E-state index contributed by atoms with van der Waals surface area (Å²) >= 11 is 1.45. The topological polar surface area (TPSA) is 54.3 Å². The number of unbranched alkanes of at least 4 members (excludes halogenated alkanes) is 1. The first-order chi connectivity index (χ1) is 14.1. The van der Waals surface area contributed by atoms with Gasteiger partial charge >= 0.3 is 0 Å². The van der Waals surface area contributed by atoms with E-state index in [1.165, 1.54) is 23.9 Å². The Hall–Kier alpha value is -2.67. The third kappa shape index (κ3) is 5.67. The Morgan fingerprint density at radius 2 is 1.90 bits per heavy atom. The maximum absolute atomic E-state index is 13.2. The van der Waals surface area contributed by atoms with E-state index in [0.717, 1.165) is 36.1 Å². The molecule has 1 aliphatic heterocycles. The van der Waals surface area contributed by atoms with Crippen molar-refractivity contribution in [1.29, 1.82) is 0 Å². The number of hydrogen-bond donors (Lipinski definition) is 0. The van der Waals surface area contributed by atoms with Crippen molar-refractivity contribution in [2.75, 3.05) is 7.11 Å². The van der Waals surface area contributed by atoms with Crippen molar-refractivity contribution in [3.05, 3.63) is 65.5 Å². The largest absolute Gasteiger partial charge is 0.497 e. The zero-order chi connectivity index (χ0) is 20.6. The average Bonchev–Trinajstić information content (AvgIpc) is 3.03. The fraction of sp³-hybridized carbons (Fsp3) is 0.318. The molecule has 2 aromatic rings. The van der Waals surface area contributed by atoms with Crippen LogP contribution in [0.2, 0.25) is 0 Å². The number of methoxy groups -OCH3 is 1. The summed E-state index contributed by atoms with van der Waals surface area (Å²) in [6, 6.07) is 13.6. The van der Waals surface area contributed by atoms with Crippen LogP contribution in [0.4, 0.5) is 4.39 Å². The highest BCUT2D eigenvalue weighted by Gasteiger charge is 2.37. The van der Waals surface area contributed by atoms with E-state index in [-0.39, 0.29) is 17.0 Å². The van der Waals surface area contributed by atoms with E-state index in [2.05, 4.69) is 17.1 Å². The minimum Gasteiger partial charge on any atom is -0.497 e. The minimum atomic E-state index is -0.297. The van der Waals surface area contributed by atoms with Crippen LogP contribution in [0.1, 0.15) is 37.3 Å². The highest BCUT2D eigenvalue weighted by molar-refractivity contribution is 8.15. The summed E-state index contributed by atoms with van der Waals surface area (Å²) in [4.78, 5) is 14.5. The summed E-state index contributed by atoms with van der Waals surface area (Å²) < 4.78 is 18.3. The van der Waals surface area contributed by atoms with Gasteiger partial charge in [0.15, 0.2) is 5.17 Å². The third-order valence-corrected chi connectivity index (χ3v) is 5.79. The lowest BCUT2D eigenvalue weighted by Crippen LogP contribution is -2.31. The lowest BCUT2D eigenvalue weighted by molar-refractivity contribution is -0.126. The highest BCUT2D eigenvalue weighted by Crippen LogP contribution is 2.32. The smallest absolute Gasteiger partial charge is 0.242 e. The van der Waals surface area contributed by atoms with Gasteiger partial charge in [-0.2, -0.15) is 5.10 Å². The van der Waals surface area contributed by atoms with Crippen LogP contribution in [0.25, 0.3) is 0 Å². The Kier molecular flexibility index (Phi) is 7.41. The number of rotatable bonds is 8. The Labute approximate surface area is 174 Å². The van der Waals surface area contributed by atoms with E-state index in [1.807, 2.05) is 24.3 Å². The van der Waals surface area contributed by atoms with Crippen LogP contribution >= 0.6 is 11.8 Å². The van der Waals surface area contributed by atoms with Gasteiger partial charge in [0.1, 0.15) is 11.6 Å². The molecule has 7 heteroatoms. The molecule has 1 heterocycles. The van der Waals surface area contributed by atoms with Crippen LogP contribution in [-0.4, -0.2) is 34.5 Å². The van der Waals surface area contributed by atoms with Crippen molar-refractivity contribution in [2.45, 2.75) is 38.0 Å². The molecule has 0 saturated carbocycles. The molecular weight excluding hydrogens is 389 g/mol. The van der Waals surface area contributed by atoms with Gasteiger partial charge in [0, 0.05) is 0 Å². The number of ether oxygens (including phenoxy) is 1. The zero-order valence-electron chi connectivity index (χ0n) is 16.5. The highest BCUT2D eigenvalue weighted by atomic mass is 32.2. The fourth-order valence-corrected chi connectivity index (χ4v) is 4.05. The van der Waals surface area contributed by atoms with Crippen LogP contribution in [0.5, 0.6) is 5.75 Å². The van der Waals surface area contributed by atoms with E-state index < -0.39 is 0 Å².